The predicted octanol–water partition coefficient (Wildman–Crippen LogP) is 0.762. The summed E-state index contributed by atoms with van der Waals surface area (Å²) in [5.41, 5.74) is -0.457. The Balaban J connectivity index is 1.81. The molecule has 4 heteroatoms. The van der Waals surface area contributed by atoms with Gasteiger partial charge >= 0.3 is 5.97 Å². The number of aliphatic carboxylic acids is 1. The van der Waals surface area contributed by atoms with Crippen LogP contribution in [-0.2, 0) is 9.59 Å². The number of carbonyl (C=O) groups excluding carboxylic acids is 1. The van der Waals surface area contributed by atoms with Crippen molar-refractivity contribution in [1.82, 2.24) is 4.90 Å². The molecule has 2 aliphatic rings. The fraction of sp³-hybridized carbons (Fsp3) is 0.818. The van der Waals surface area contributed by atoms with Crippen molar-refractivity contribution in [2.45, 2.75) is 26.7 Å². The van der Waals surface area contributed by atoms with Crippen molar-refractivity contribution >= 4 is 11.8 Å². The summed E-state index contributed by atoms with van der Waals surface area (Å²) in [6.45, 7) is 5.86. The lowest BCUT2D eigenvalue weighted by Crippen LogP contribution is -2.64. The van der Waals surface area contributed by atoms with E-state index in [4.69, 9.17) is 5.11 Å². The lowest BCUT2D eigenvalue weighted by Gasteiger charge is -2.56. The monoisotopic (exact) mass is 211 g/mol. The molecule has 0 unspecified atom stereocenters. The molecule has 84 valence electrons. The van der Waals surface area contributed by atoms with Crippen molar-refractivity contribution in [3.63, 3.8) is 0 Å². The maximum absolute atomic E-state index is 10.9. The number of likely N-dealkylation sites (tertiary alicyclic amines) is 1. The largest absolute Gasteiger partial charge is 0.481 e. The summed E-state index contributed by atoms with van der Waals surface area (Å²) in [6.07, 6.45) is 1.41. The topological polar surface area (TPSA) is 57.6 Å². The summed E-state index contributed by atoms with van der Waals surface area (Å²) in [7, 11) is 0. The molecule has 0 aromatic carbocycles. The number of Topliss-reactive ketones (excluding diaryl/α,β-unsaturated/α-hetero) is 1. The van der Waals surface area contributed by atoms with Crippen molar-refractivity contribution in [2.24, 2.45) is 10.8 Å². The van der Waals surface area contributed by atoms with Gasteiger partial charge in [0.1, 0.15) is 5.78 Å². The van der Waals surface area contributed by atoms with E-state index < -0.39 is 11.4 Å². The Morgan fingerprint density at radius 1 is 1.47 bits per heavy atom. The lowest BCUT2D eigenvalue weighted by atomic mass is 9.62. The van der Waals surface area contributed by atoms with Crippen LogP contribution in [0.15, 0.2) is 0 Å². The van der Waals surface area contributed by atoms with E-state index in [0.29, 0.717) is 25.2 Å². The van der Waals surface area contributed by atoms with Crippen LogP contribution in [0.4, 0.5) is 0 Å². The van der Waals surface area contributed by atoms with Crippen molar-refractivity contribution in [1.29, 1.82) is 0 Å². The minimum absolute atomic E-state index is 0.228. The molecular weight excluding hydrogens is 194 g/mol. The normalized spacial score (nSPS) is 24.8. The molecule has 4 nitrogen and oxygen atoms in total. The summed E-state index contributed by atoms with van der Waals surface area (Å²) < 4.78 is 0. The number of rotatable bonds is 3. The van der Waals surface area contributed by atoms with Crippen molar-refractivity contribution in [2.75, 3.05) is 19.6 Å². The van der Waals surface area contributed by atoms with Gasteiger partial charge in [-0.05, 0) is 13.8 Å². The Labute approximate surface area is 89.3 Å². The average molecular weight is 211 g/mol. The maximum atomic E-state index is 10.9. The maximum Gasteiger partial charge on any atom is 0.310 e. The van der Waals surface area contributed by atoms with Crippen LogP contribution in [0.25, 0.3) is 0 Å². The number of carboxylic acid groups (broad SMARTS) is 1. The molecule has 0 aromatic rings. The van der Waals surface area contributed by atoms with E-state index >= 15 is 0 Å². The fourth-order valence-corrected chi connectivity index (χ4v) is 2.65. The number of hydrogen-bond donors (Lipinski definition) is 1. The smallest absolute Gasteiger partial charge is 0.310 e. The van der Waals surface area contributed by atoms with Crippen LogP contribution >= 0.6 is 0 Å². The summed E-state index contributed by atoms with van der Waals surface area (Å²) in [5, 5.41) is 8.97. The minimum Gasteiger partial charge on any atom is -0.481 e. The molecule has 2 rings (SSSR count). The van der Waals surface area contributed by atoms with Crippen LogP contribution in [0, 0.1) is 10.8 Å². The van der Waals surface area contributed by atoms with Gasteiger partial charge in [-0.2, -0.15) is 0 Å². The van der Waals surface area contributed by atoms with Gasteiger partial charge in [-0.1, -0.05) is 0 Å². The van der Waals surface area contributed by atoms with Crippen molar-refractivity contribution < 1.29 is 14.7 Å². The number of ketones is 1. The molecule has 0 bridgehead atoms. The van der Waals surface area contributed by atoms with Crippen LogP contribution in [0.3, 0.4) is 0 Å². The Morgan fingerprint density at radius 3 is 2.40 bits per heavy atom. The van der Waals surface area contributed by atoms with Crippen molar-refractivity contribution in [3.8, 4) is 0 Å². The molecule has 0 atom stereocenters. The Hall–Kier alpha value is -0.900. The van der Waals surface area contributed by atoms with Gasteiger partial charge in [0.25, 0.3) is 0 Å². The lowest BCUT2D eigenvalue weighted by molar-refractivity contribution is -0.156. The number of nitrogens with zero attached hydrogens (tertiary/aromatic N) is 1. The molecule has 1 heterocycles. The highest BCUT2D eigenvalue weighted by atomic mass is 16.4. The molecule has 0 radical (unpaired) electrons. The van der Waals surface area contributed by atoms with Crippen LogP contribution in [-0.4, -0.2) is 41.4 Å². The summed E-state index contributed by atoms with van der Waals surface area (Å²) >= 11 is 0. The molecule has 1 aliphatic heterocycles. The first kappa shape index (κ1) is 10.6. The standard InChI is InChI=1S/C11H17NO3/c1-10(2,9(14)15)5-12-6-11(7-12)3-8(13)4-11/h3-7H2,1-2H3,(H,14,15). The third kappa shape index (κ3) is 1.78. The number of carbonyl (C=O) groups is 2. The summed E-state index contributed by atoms with van der Waals surface area (Å²) in [5.74, 6) is -0.403. The van der Waals surface area contributed by atoms with E-state index in [1.54, 1.807) is 13.8 Å². The van der Waals surface area contributed by atoms with E-state index in [-0.39, 0.29) is 5.41 Å². The van der Waals surface area contributed by atoms with Gasteiger partial charge < -0.3 is 10.0 Å². The van der Waals surface area contributed by atoms with Crippen LogP contribution in [0.2, 0.25) is 0 Å². The molecule has 1 N–H and O–H groups in total. The molecule has 1 aliphatic carbocycles. The molecule has 1 saturated heterocycles. The van der Waals surface area contributed by atoms with Gasteiger partial charge in [0.2, 0.25) is 0 Å². The zero-order valence-electron chi connectivity index (χ0n) is 9.25. The summed E-state index contributed by atoms with van der Waals surface area (Å²) in [4.78, 5) is 23.9. The van der Waals surface area contributed by atoms with Gasteiger partial charge in [-0.25, -0.2) is 0 Å². The first-order valence-electron chi connectivity index (χ1n) is 5.31. The van der Waals surface area contributed by atoms with E-state index in [1.165, 1.54) is 0 Å². The van der Waals surface area contributed by atoms with Gasteiger partial charge in [0.15, 0.2) is 0 Å². The first-order chi connectivity index (χ1) is 6.83. The zero-order valence-corrected chi connectivity index (χ0v) is 9.25. The highest BCUT2D eigenvalue weighted by molar-refractivity contribution is 5.86. The second-order valence-corrected chi connectivity index (χ2v) is 5.73. The Bertz CT molecular complexity index is 306. The minimum atomic E-state index is -0.756. The second kappa shape index (κ2) is 3.04. The van der Waals surface area contributed by atoms with E-state index in [2.05, 4.69) is 4.90 Å². The molecule has 1 spiro atoms. The highest BCUT2D eigenvalue weighted by Crippen LogP contribution is 2.46. The zero-order chi connectivity index (χ0) is 11.3. The second-order valence-electron chi connectivity index (χ2n) is 5.73. The Kier molecular flexibility index (Phi) is 2.15. The average Bonchev–Trinajstić information content (AvgIpc) is 1.97. The quantitative estimate of drug-likeness (QED) is 0.748. The van der Waals surface area contributed by atoms with Crippen molar-refractivity contribution in [3.05, 3.63) is 0 Å². The van der Waals surface area contributed by atoms with Gasteiger partial charge in [0, 0.05) is 37.9 Å². The molecule has 15 heavy (non-hydrogen) atoms. The van der Waals surface area contributed by atoms with Gasteiger partial charge in [-0.3, -0.25) is 9.59 Å². The molecule has 0 amide bonds. The molecule has 0 aromatic heterocycles. The number of carboxylic acids is 1. The van der Waals surface area contributed by atoms with Crippen LogP contribution in [0.1, 0.15) is 26.7 Å². The van der Waals surface area contributed by atoms with E-state index in [9.17, 15) is 9.59 Å². The highest BCUT2D eigenvalue weighted by Gasteiger charge is 2.52. The molecule has 1 saturated carbocycles. The molecule has 2 fully saturated rings. The Morgan fingerprint density at radius 2 is 2.00 bits per heavy atom. The number of hydrogen-bond acceptors (Lipinski definition) is 3. The molecular formula is C11H17NO3. The summed E-state index contributed by atoms with van der Waals surface area (Å²) in [6, 6.07) is 0. The first-order valence-corrected chi connectivity index (χ1v) is 5.31. The third-order valence-electron chi connectivity index (χ3n) is 3.46. The van der Waals surface area contributed by atoms with Gasteiger partial charge in [-0.15, -0.1) is 0 Å². The third-order valence-corrected chi connectivity index (χ3v) is 3.46. The van der Waals surface area contributed by atoms with Gasteiger partial charge in [0.05, 0.1) is 5.41 Å². The van der Waals surface area contributed by atoms with Crippen LogP contribution < -0.4 is 0 Å². The fourth-order valence-electron chi connectivity index (χ4n) is 2.65. The SMILES string of the molecule is CC(C)(CN1CC2(CC(=O)C2)C1)C(=O)O. The predicted molar refractivity (Wildman–Crippen MR) is 54.5 cm³/mol. The van der Waals surface area contributed by atoms with Crippen LogP contribution in [0.5, 0.6) is 0 Å². The van der Waals surface area contributed by atoms with E-state index in [0.717, 1.165) is 13.1 Å². The van der Waals surface area contributed by atoms with E-state index in [1.807, 2.05) is 0 Å².